The van der Waals surface area contributed by atoms with Crippen LogP contribution in [0.15, 0.2) is 28.7 Å². The van der Waals surface area contributed by atoms with Crippen molar-refractivity contribution >= 4 is 33.4 Å². The highest BCUT2D eigenvalue weighted by molar-refractivity contribution is 9.10. The fourth-order valence-electron chi connectivity index (χ4n) is 2.55. The van der Waals surface area contributed by atoms with E-state index < -0.39 is 12.1 Å². The summed E-state index contributed by atoms with van der Waals surface area (Å²) in [6.45, 7) is 3.93. The molecule has 2 rings (SSSR count). The number of benzene rings is 1. The van der Waals surface area contributed by atoms with E-state index in [1.165, 1.54) is 0 Å². The van der Waals surface area contributed by atoms with Gasteiger partial charge in [0, 0.05) is 10.2 Å². The smallest absolute Gasteiger partial charge is 0.250 e. The van der Waals surface area contributed by atoms with Crippen molar-refractivity contribution in [1.29, 1.82) is 0 Å². The second kappa shape index (κ2) is 6.39. The van der Waals surface area contributed by atoms with Crippen molar-refractivity contribution < 1.29 is 9.59 Å². The third kappa shape index (κ3) is 2.87. The number of hydrogen-bond donors (Lipinski definition) is 1. The molecule has 20 heavy (non-hydrogen) atoms. The molecule has 2 atom stereocenters. The number of anilines is 1. The van der Waals surface area contributed by atoms with E-state index in [1.807, 2.05) is 38.1 Å². The van der Waals surface area contributed by atoms with Gasteiger partial charge in [-0.1, -0.05) is 42.3 Å². The first-order valence-corrected chi connectivity index (χ1v) is 7.76. The zero-order valence-corrected chi connectivity index (χ0v) is 13.3. The molecule has 1 heterocycles. The lowest BCUT2D eigenvalue weighted by Gasteiger charge is -2.38. The molecule has 1 aliphatic heterocycles. The molecular weight excluding hydrogens is 320 g/mol. The Bertz CT molecular complexity index is 518. The molecule has 1 saturated heterocycles. The monoisotopic (exact) mass is 338 g/mol. The van der Waals surface area contributed by atoms with Gasteiger partial charge in [0.25, 0.3) is 0 Å². The van der Waals surface area contributed by atoms with E-state index >= 15 is 0 Å². The van der Waals surface area contributed by atoms with E-state index in [0.717, 1.165) is 16.6 Å². The first-order chi connectivity index (χ1) is 9.58. The molecule has 1 aliphatic rings. The van der Waals surface area contributed by atoms with E-state index in [9.17, 15) is 9.59 Å². The van der Waals surface area contributed by atoms with E-state index in [2.05, 4.69) is 21.2 Å². The molecule has 0 saturated carbocycles. The molecule has 108 valence electrons. The molecule has 1 N–H and O–H groups in total. The number of hydrogen-bond acceptors (Lipinski definition) is 2. The highest BCUT2D eigenvalue weighted by Crippen LogP contribution is 2.26. The molecule has 1 aromatic carbocycles. The summed E-state index contributed by atoms with van der Waals surface area (Å²) in [7, 11) is 0. The molecule has 0 radical (unpaired) electrons. The van der Waals surface area contributed by atoms with Crippen LogP contribution in [0.25, 0.3) is 0 Å². The second-order valence-electron chi connectivity index (χ2n) is 4.96. The molecule has 0 bridgehead atoms. The Balaban J connectivity index is 2.38. The van der Waals surface area contributed by atoms with Gasteiger partial charge < -0.3 is 5.32 Å². The zero-order chi connectivity index (χ0) is 14.7. The molecule has 2 unspecified atom stereocenters. The van der Waals surface area contributed by atoms with E-state index in [-0.39, 0.29) is 11.8 Å². The van der Waals surface area contributed by atoms with Gasteiger partial charge in [-0.25, -0.2) is 0 Å². The normalized spacial score (nSPS) is 22.9. The maximum atomic E-state index is 12.6. The highest BCUT2D eigenvalue weighted by Gasteiger charge is 2.39. The summed E-state index contributed by atoms with van der Waals surface area (Å²) in [5, 5.41) is 2.84. The van der Waals surface area contributed by atoms with Crippen molar-refractivity contribution in [1.82, 2.24) is 5.32 Å². The van der Waals surface area contributed by atoms with Crippen LogP contribution in [0.5, 0.6) is 0 Å². The first-order valence-electron chi connectivity index (χ1n) is 6.97. The lowest BCUT2D eigenvalue weighted by Crippen LogP contribution is -2.63. The van der Waals surface area contributed by atoms with Crippen LogP contribution in [0.4, 0.5) is 5.69 Å². The van der Waals surface area contributed by atoms with Gasteiger partial charge in [0.1, 0.15) is 12.1 Å². The number of carbonyl (C=O) groups excluding carboxylic acids is 2. The highest BCUT2D eigenvalue weighted by atomic mass is 79.9. The van der Waals surface area contributed by atoms with Crippen LogP contribution < -0.4 is 10.2 Å². The topological polar surface area (TPSA) is 49.4 Å². The minimum Gasteiger partial charge on any atom is -0.342 e. The van der Waals surface area contributed by atoms with Crippen LogP contribution >= 0.6 is 15.9 Å². The molecule has 4 nitrogen and oxygen atoms in total. The van der Waals surface area contributed by atoms with E-state index in [1.54, 1.807) is 4.90 Å². The molecule has 0 aromatic heterocycles. The number of halogens is 1. The van der Waals surface area contributed by atoms with Gasteiger partial charge in [-0.2, -0.15) is 0 Å². The molecule has 0 spiro atoms. The number of carbonyl (C=O) groups is 2. The predicted molar refractivity (Wildman–Crippen MR) is 82.5 cm³/mol. The Morgan fingerprint density at radius 1 is 1.30 bits per heavy atom. The standard InChI is InChI=1S/C15H19BrN2O2/c1-3-6-12-15(20)18(13(4-2)14(19)17-12)11-8-5-7-10(16)9-11/h5,7-9,12-13H,3-4,6H2,1-2H3,(H,17,19). The average Bonchev–Trinajstić information content (AvgIpc) is 2.42. The molecule has 0 aliphatic carbocycles. The minimum atomic E-state index is -0.426. The van der Waals surface area contributed by atoms with Crippen molar-refractivity contribution in [3.05, 3.63) is 28.7 Å². The Morgan fingerprint density at radius 2 is 2.05 bits per heavy atom. The predicted octanol–water partition coefficient (Wildman–Crippen LogP) is 2.86. The summed E-state index contributed by atoms with van der Waals surface area (Å²) < 4.78 is 0.899. The summed E-state index contributed by atoms with van der Waals surface area (Å²) in [5.74, 6) is -0.0816. The van der Waals surface area contributed by atoms with Gasteiger partial charge in [0.05, 0.1) is 0 Å². The van der Waals surface area contributed by atoms with Crippen LogP contribution in [-0.4, -0.2) is 23.9 Å². The van der Waals surface area contributed by atoms with Crippen molar-refractivity contribution in [2.75, 3.05) is 4.90 Å². The molecule has 1 aromatic rings. The van der Waals surface area contributed by atoms with Gasteiger partial charge in [-0.3, -0.25) is 14.5 Å². The third-order valence-corrected chi connectivity index (χ3v) is 4.01. The molecular formula is C15H19BrN2O2. The van der Waals surface area contributed by atoms with Crippen LogP contribution in [-0.2, 0) is 9.59 Å². The summed E-state index contributed by atoms with van der Waals surface area (Å²) >= 11 is 3.41. The molecule has 5 heteroatoms. The number of rotatable bonds is 4. The van der Waals surface area contributed by atoms with Crippen molar-refractivity contribution in [2.24, 2.45) is 0 Å². The van der Waals surface area contributed by atoms with Gasteiger partial charge in [0.2, 0.25) is 11.8 Å². The second-order valence-corrected chi connectivity index (χ2v) is 5.88. The Labute approximate surface area is 127 Å². The lowest BCUT2D eigenvalue weighted by molar-refractivity contribution is -0.134. The summed E-state index contributed by atoms with van der Waals surface area (Å²) in [5.41, 5.74) is 0.771. The Hall–Kier alpha value is -1.36. The van der Waals surface area contributed by atoms with Crippen LogP contribution in [0, 0.1) is 0 Å². The van der Waals surface area contributed by atoms with Crippen molar-refractivity contribution in [2.45, 2.75) is 45.2 Å². The molecule has 1 fully saturated rings. The minimum absolute atomic E-state index is 0.0172. The number of nitrogens with zero attached hydrogens (tertiary/aromatic N) is 1. The van der Waals surface area contributed by atoms with Gasteiger partial charge >= 0.3 is 0 Å². The largest absolute Gasteiger partial charge is 0.342 e. The molecule has 2 amide bonds. The quantitative estimate of drug-likeness (QED) is 0.917. The van der Waals surface area contributed by atoms with Crippen molar-refractivity contribution in [3.63, 3.8) is 0 Å². The van der Waals surface area contributed by atoms with E-state index in [0.29, 0.717) is 12.8 Å². The number of nitrogens with one attached hydrogen (secondary N) is 1. The summed E-state index contributed by atoms with van der Waals surface area (Å²) in [6, 6.07) is 6.69. The lowest BCUT2D eigenvalue weighted by atomic mass is 10.0. The van der Waals surface area contributed by atoms with Gasteiger partial charge in [-0.05, 0) is 31.0 Å². The van der Waals surface area contributed by atoms with E-state index in [4.69, 9.17) is 0 Å². The number of amides is 2. The van der Waals surface area contributed by atoms with Crippen LogP contribution in [0.2, 0.25) is 0 Å². The first kappa shape index (κ1) is 15.0. The fourth-order valence-corrected chi connectivity index (χ4v) is 2.94. The van der Waals surface area contributed by atoms with Gasteiger partial charge in [-0.15, -0.1) is 0 Å². The zero-order valence-electron chi connectivity index (χ0n) is 11.7. The van der Waals surface area contributed by atoms with Crippen LogP contribution in [0.1, 0.15) is 33.1 Å². The van der Waals surface area contributed by atoms with Crippen molar-refractivity contribution in [3.8, 4) is 0 Å². The third-order valence-electron chi connectivity index (χ3n) is 3.52. The summed E-state index contributed by atoms with van der Waals surface area (Å²) in [6.07, 6.45) is 2.13. The Morgan fingerprint density at radius 3 is 2.65 bits per heavy atom. The summed E-state index contributed by atoms with van der Waals surface area (Å²) in [4.78, 5) is 26.5. The number of piperazine rings is 1. The van der Waals surface area contributed by atoms with Crippen LogP contribution in [0.3, 0.4) is 0 Å². The fraction of sp³-hybridized carbons (Fsp3) is 0.467. The maximum absolute atomic E-state index is 12.6. The van der Waals surface area contributed by atoms with Gasteiger partial charge in [0.15, 0.2) is 0 Å². The SMILES string of the molecule is CCCC1NC(=O)C(CC)N(c2cccc(Br)c2)C1=O. The average molecular weight is 339 g/mol. The maximum Gasteiger partial charge on any atom is 0.250 e. The Kier molecular flexibility index (Phi) is 4.81.